The highest BCUT2D eigenvalue weighted by Gasteiger charge is 2.17. The molecule has 0 spiro atoms. The molecule has 2 rings (SSSR count). The molecular formula is C18H19F3N2O4S. The number of carbonyl (C=O) groups excluding carboxylic acids is 1. The summed E-state index contributed by atoms with van der Waals surface area (Å²) in [6.07, 6.45) is 0.633. The van der Waals surface area contributed by atoms with Gasteiger partial charge in [-0.1, -0.05) is 6.92 Å². The van der Waals surface area contributed by atoms with Crippen LogP contribution in [-0.4, -0.2) is 27.0 Å². The normalized spacial score (nSPS) is 12.5. The van der Waals surface area contributed by atoms with Crippen molar-refractivity contribution in [2.75, 3.05) is 11.9 Å². The molecule has 0 saturated heterocycles. The van der Waals surface area contributed by atoms with E-state index in [2.05, 4.69) is 10.0 Å². The van der Waals surface area contributed by atoms with Crippen molar-refractivity contribution >= 4 is 21.6 Å². The Balaban J connectivity index is 1.96. The maximum Gasteiger partial charge on any atom is 0.262 e. The van der Waals surface area contributed by atoms with E-state index in [1.165, 1.54) is 24.3 Å². The number of anilines is 1. The third-order valence-electron chi connectivity index (χ3n) is 3.78. The first-order chi connectivity index (χ1) is 13.1. The molecule has 0 heterocycles. The molecule has 28 heavy (non-hydrogen) atoms. The molecule has 1 amide bonds. The summed E-state index contributed by atoms with van der Waals surface area (Å²) < 4.78 is 71.5. The number of hydrogen-bond donors (Lipinski definition) is 2. The molecule has 10 heteroatoms. The number of nitrogens with one attached hydrogen (secondary N) is 2. The van der Waals surface area contributed by atoms with Gasteiger partial charge in [0, 0.05) is 6.04 Å². The number of ether oxygens (including phenoxy) is 1. The molecule has 0 bridgehead atoms. The van der Waals surface area contributed by atoms with Crippen molar-refractivity contribution in [1.82, 2.24) is 4.72 Å². The Hall–Kier alpha value is -2.59. The lowest BCUT2D eigenvalue weighted by atomic mass is 10.3. The molecule has 0 saturated carbocycles. The number of rotatable bonds is 8. The molecule has 152 valence electrons. The lowest BCUT2D eigenvalue weighted by Crippen LogP contribution is -2.31. The number of halogens is 3. The van der Waals surface area contributed by atoms with Crippen molar-refractivity contribution in [3.63, 3.8) is 0 Å². The SMILES string of the molecule is CC[C@@H](C)NS(=O)(=O)c1ccc(OCC(=O)Nc2ccc(F)c(F)c2F)cc1. The van der Waals surface area contributed by atoms with Crippen LogP contribution in [0.2, 0.25) is 0 Å². The van der Waals surface area contributed by atoms with Crippen LogP contribution < -0.4 is 14.8 Å². The van der Waals surface area contributed by atoms with Gasteiger partial charge < -0.3 is 10.1 Å². The van der Waals surface area contributed by atoms with Crippen LogP contribution >= 0.6 is 0 Å². The summed E-state index contributed by atoms with van der Waals surface area (Å²) in [5, 5.41) is 2.06. The Morgan fingerprint density at radius 1 is 1.07 bits per heavy atom. The summed E-state index contributed by atoms with van der Waals surface area (Å²) in [6.45, 7) is 3.04. The van der Waals surface area contributed by atoms with Crippen LogP contribution in [0.15, 0.2) is 41.3 Å². The molecule has 0 unspecified atom stereocenters. The Morgan fingerprint density at radius 3 is 2.32 bits per heavy atom. The summed E-state index contributed by atoms with van der Waals surface area (Å²) in [5.41, 5.74) is -0.523. The standard InChI is InChI=1S/C18H19F3N2O4S/c1-3-11(2)23-28(25,26)13-6-4-12(5-7-13)27-10-16(24)22-15-9-8-14(19)17(20)18(15)21/h4-9,11,23H,3,10H2,1-2H3,(H,22,24)/t11-/m1/s1. The third kappa shape index (κ3) is 5.46. The van der Waals surface area contributed by atoms with Crippen LogP contribution in [0.4, 0.5) is 18.9 Å². The van der Waals surface area contributed by atoms with Crippen molar-refractivity contribution < 1.29 is 31.1 Å². The summed E-state index contributed by atoms with van der Waals surface area (Å²) in [7, 11) is -3.67. The fraction of sp³-hybridized carbons (Fsp3) is 0.278. The smallest absolute Gasteiger partial charge is 0.262 e. The first-order valence-electron chi connectivity index (χ1n) is 8.32. The highest BCUT2D eigenvalue weighted by molar-refractivity contribution is 7.89. The van der Waals surface area contributed by atoms with Crippen LogP contribution in [0, 0.1) is 17.5 Å². The van der Waals surface area contributed by atoms with E-state index in [4.69, 9.17) is 4.74 Å². The minimum Gasteiger partial charge on any atom is -0.484 e. The van der Waals surface area contributed by atoms with Gasteiger partial charge in [0.2, 0.25) is 10.0 Å². The molecule has 0 fully saturated rings. The van der Waals surface area contributed by atoms with Gasteiger partial charge in [-0.2, -0.15) is 0 Å². The maximum absolute atomic E-state index is 13.5. The average molecular weight is 416 g/mol. The summed E-state index contributed by atoms with van der Waals surface area (Å²) in [5.74, 6) is -5.19. The molecule has 0 aliphatic carbocycles. The van der Waals surface area contributed by atoms with Gasteiger partial charge in [-0.05, 0) is 49.7 Å². The van der Waals surface area contributed by atoms with Gasteiger partial charge in [-0.25, -0.2) is 26.3 Å². The average Bonchev–Trinajstić information content (AvgIpc) is 2.66. The second-order valence-corrected chi connectivity index (χ2v) is 7.68. The van der Waals surface area contributed by atoms with Crippen LogP contribution in [-0.2, 0) is 14.8 Å². The van der Waals surface area contributed by atoms with Gasteiger partial charge in [0.1, 0.15) is 5.75 Å². The minimum atomic E-state index is -3.67. The van der Waals surface area contributed by atoms with Crippen LogP contribution in [0.1, 0.15) is 20.3 Å². The first kappa shape index (κ1) is 21.7. The van der Waals surface area contributed by atoms with Gasteiger partial charge in [-0.15, -0.1) is 0 Å². The van der Waals surface area contributed by atoms with E-state index in [0.29, 0.717) is 12.5 Å². The van der Waals surface area contributed by atoms with Gasteiger partial charge in [0.05, 0.1) is 10.6 Å². The van der Waals surface area contributed by atoms with E-state index in [0.717, 1.165) is 6.07 Å². The van der Waals surface area contributed by atoms with Crippen molar-refractivity contribution in [2.45, 2.75) is 31.2 Å². The summed E-state index contributed by atoms with van der Waals surface area (Å²) >= 11 is 0. The molecule has 2 aromatic rings. The fourth-order valence-corrected chi connectivity index (χ4v) is 3.42. The van der Waals surface area contributed by atoms with Crippen molar-refractivity contribution in [2.24, 2.45) is 0 Å². The highest BCUT2D eigenvalue weighted by atomic mass is 32.2. The maximum atomic E-state index is 13.5. The Bertz CT molecular complexity index is 950. The summed E-state index contributed by atoms with van der Waals surface area (Å²) in [6, 6.07) is 6.69. The monoisotopic (exact) mass is 416 g/mol. The van der Waals surface area contributed by atoms with Gasteiger partial charge in [0.15, 0.2) is 24.1 Å². The van der Waals surface area contributed by atoms with Crippen molar-refractivity contribution in [3.8, 4) is 5.75 Å². The number of amides is 1. The second kappa shape index (κ2) is 9.07. The largest absolute Gasteiger partial charge is 0.484 e. The topological polar surface area (TPSA) is 84.5 Å². The summed E-state index contributed by atoms with van der Waals surface area (Å²) in [4.78, 5) is 11.8. The third-order valence-corrected chi connectivity index (χ3v) is 5.39. The molecule has 6 nitrogen and oxygen atoms in total. The minimum absolute atomic E-state index is 0.0356. The Morgan fingerprint density at radius 2 is 1.71 bits per heavy atom. The first-order valence-corrected chi connectivity index (χ1v) is 9.81. The van der Waals surface area contributed by atoms with E-state index in [9.17, 15) is 26.4 Å². The number of hydrogen-bond acceptors (Lipinski definition) is 4. The Labute approximate surface area is 160 Å². The molecule has 1 atom stereocenters. The zero-order chi connectivity index (χ0) is 20.9. The van der Waals surface area contributed by atoms with E-state index in [-0.39, 0.29) is 16.7 Å². The number of sulfonamides is 1. The molecular weight excluding hydrogens is 397 g/mol. The Kier molecular flexibility index (Phi) is 7.03. The zero-order valence-electron chi connectivity index (χ0n) is 15.1. The van der Waals surface area contributed by atoms with Crippen LogP contribution in [0.25, 0.3) is 0 Å². The zero-order valence-corrected chi connectivity index (χ0v) is 15.9. The van der Waals surface area contributed by atoms with E-state index < -0.39 is 45.7 Å². The molecule has 0 radical (unpaired) electrons. The van der Waals surface area contributed by atoms with E-state index in [1.54, 1.807) is 6.92 Å². The van der Waals surface area contributed by atoms with Crippen LogP contribution in [0.3, 0.4) is 0 Å². The van der Waals surface area contributed by atoms with Crippen molar-refractivity contribution in [3.05, 3.63) is 53.8 Å². The molecule has 0 aliphatic rings. The van der Waals surface area contributed by atoms with E-state index in [1.807, 2.05) is 6.92 Å². The van der Waals surface area contributed by atoms with E-state index >= 15 is 0 Å². The second-order valence-electron chi connectivity index (χ2n) is 5.96. The molecule has 0 aliphatic heterocycles. The molecule has 2 aromatic carbocycles. The van der Waals surface area contributed by atoms with Crippen molar-refractivity contribution in [1.29, 1.82) is 0 Å². The predicted molar refractivity (Wildman–Crippen MR) is 97.0 cm³/mol. The quantitative estimate of drug-likeness (QED) is 0.648. The highest BCUT2D eigenvalue weighted by Crippen LogP contribution is 2.20. The van der Waals surface area contributed by atoms with Crippen LogP contribution in [0.5, 0.6) is 5.75 Å². The van der Waals surface area contributed by atoms with Gasteiger partial charge >= 0.3 is 0 Å². The number of benzene rings is 2. The van der Waals surface area contributed by atoms with Gasteiger partial charge in [0.25, 0.3) is 5.91 Å². The predicted octanol–water partition coefficient (Wildman–Crippen LogP) is 3.20. The lowest BCUT2D eigenvalue weighted by molar-refractivity contribution is -0.118. The molecule has 2 N–H and O–H groups in total. The lowest BCUT2D eigenvalue weighted by Gasteiger charge is -2.12. The molecule has 0 aromatic heterocycles. The fourth-order valence-electron chi connectivity index (χ4n) is 2.09. The van der Waals surface area contributed by atoms with Gasteiger partial charge in [-0.3, -0.25) is 4.79 Å². The number of carbonyl (C=O) groups is 1.